The van der Waals surface area contributed by atoms with E-state index in [9.17, 15) is 21.6 Å². The Morgan fingerprint density at radius 3 is 2.61 bits per heavy atom. The van der Waals surface area contributed by atoms with Gasteiger partial charge in [0, 0.05) is 18.4 Å². The van der Waals surface area contributed by atoms with Crippen molar-refractivity contribution in [3.05, 3.63) is 18.0 Å². The van der Waals surface area contributed by atoms with Crippen molar-refractivity contribution in [2.24, 2.45) is 0 Å². The van der Waals surface area contributed by atoms with E-state index in [1.165, 1.54) is 10.8 Å². The Morgan fingerprint density at radius 2 is 2.06 bits per heavy atom. The topological polar surface area (TPSA) is 74.0 Å². The Bertz CT molecular complexity index is 481. The Balaban J connectivity index is 2.70. The highest BCUT2D eigenvalue weighted by molar-refractivity contribution is 7.89. The fraction of sp³-hybridized carbons (Fsp3) is 0.556. The number of aromatic nitrogens is 1. The van der Waals surface area contributed by atoms with E-state index >= 15 is 0 Å². The van der Waals surface area contributed by atoms with Crippen molar-refractivity contribution >= 4 is 10.0 Å². The molecule has 1 aromatic heterocycles. The van der Waals surface area contributed by atoms with Crippen molar-refractivity contribution in [1.82, 2.24) is 15.0 Å². The smallest absolute Gasteiger partial charge is 0.363 e. The van der Waals surface area contributed by atoms with Gasteiger partial charge in [0.25, 0.3) is 0 Å². The summed E-state index contributed by atoms with van der Waals surface area (Å²) in [6.07, 6.45) is -3.42. The summed E-state index contributed by atoms with van der Waals surface area (Å²) in [6.45, 7) is 1.42. The van der Waals surface area contributed by atoms with E-state index in [0.717, 1.165) is 6.20 Å². The van der Waals surface area contributed by atoms with Gasteiger partial charge < -0.3 is 10.3 Å². The second-order valence-electron chi connectivity index (χ2n) is 3.58. The van der Waals surface area contributed by atoms with Crippen LogP contribution in [-0.4, -0.2) is 32.7 Å². The second kappa shape index (κ2) is 5.72. The van der Waals surface area contributed by atoms with E-state index in [0.29, 0.717) is 18.8 Å². The van der Waals surface area contributed by atoms with Crippen LogP contribution in [0.15, 0.2) is 17.2 Å². The van der Waals surface area contributed by atoms with Crippen molar-refractivity contribution in [3.63, 3.8) is 0 Å². The summed E-state index contributed by atoms with van der Waals surface area (Å²) in [5.41, 5.74) is 0.587. The molecule has 0 saturated heterocycles. The molecule has 0 fully saturated rings. The first kappa shape index (κ1) is 15.0. The largest absolute Gasteiger partial charge is 0.402 e. The zero-order valence-electron chi connectivity index (χ0n) is 9.63. The van der Waals surface area contributed by atoms with Crippen LogP contribution in [0.1, 0.15) is 12.6 Å². The third-order valence-corrected chi connectivity index (χ3v) is 3.44. The van der Waals surface area contributed by atoms with Crippen molar-refractivity contribution in [2.45, 2.75) is 24.5 Å². The van der Waals surface area contributed by atoms with Crippen molar-refractivity contribution < 1.29 is 21.6 Å². The molecule has 0 spiro atoms. The number of halogens is 3. The number of aromatic amines is 1. The van der Waals surface area contributed by atoms with Crippen molar-refractivity contribution in [2.75, 3.05) is 13.1 Å². The van der Waals surface area contributed by atoms with E-state index < -0.39 is 22.7 Å². The van der Waals surface area contributed by atoms with Gasteiger partial charge in [0.15, 0.2) is 0 Å². The molecule has 0 radical (unpaired) electrons. The first-order valence-electron chi connectivity index (χ1n) is 5.19. The first-order chi connectivity index (χ1) is 8.24. The van der Waals surface area contributed by atoms with Crippen LogP contribution in [0, 0.1) is 0 Å². The Morgan fingerprint density at radius 1 is 1.39 bits per heavy atom. The van der Waals surface area contributed by atoms with Gasteiger partial charge in [-0.1, -0.05) is 6.92 Å². The molecule has 0 unspecified atom stereocenters. The molecule has 1 aromatic rings. The lowest BCUT2D eigenvalue weighted by Gasteiger charge is -2.07. The highest BCUT2D eigenvalue weighted by Gasteiger charge is 2.30. The lowest BCUT2D eigenvalue weighted by atomic mass is 10.4. The van der Waals surface area contributed by atoms with Gasteiger partial charge in [-0.15, -0.1) is 0 Å². The van der Waals surface area contributed by atoms with Gasteiger partial charge in [-0.05, 0) is 12.6 Å². The van der Waals surface area contributed by atoms with Crippen LogP contribution >= 0.6 is 0 Å². The number of sulfonamides is 1. The molecule has 5 nitrogen and oxygen atoms in total. The zero-order valence-corrected chi connectivity index (χ0v) is 10.5. The molecule has 9 heteroatoms. The standard InChI is InChI=1S/C9H14F3N3O2S/c1-2-13-4-7-3-8(5-14-7)18(16,17)15-6-9(10,11)12/h3,5,13-15H,2,4,6H2,1H3. The van der Waals surface area contributed by atoms with E-state index in [1.807, 2.05) is 6.92 Å². The summed E-state index contributed by atoms with van der Waals surface area (Å²) in [6, 6.07) is 1.29. The highest BCUT2D eigenvalue weighted by atomic mass is 32.2. The maximum Gasteiger partial charge on any atom is 0.402 e. The minimum Gasteiger partial charge on any atom is -0.363 e. The maximum absolute atomic E-state index is 11.9. The van der Waals surface area contributed by atoms with Crippen LogP contribution in [0.4, 0.5) is 13.2 Å². The van der Waals surface area contributed by atoms with Gasteiger partial charge in [-0.3, -0.25) is 0 Å². The fourth-order valence-electron chi connectivity index (χ4n) is 1.20. The van der Waals surface area contributed by atoms with Gasteiger partial charge in [0.05, 0.1) is 4.90 Å². The fourth-order valence-corrected chi connectivity index (χ4v) is 2.23. The predicted octanol–water partition coefficient (Wildman–Crippen LogP) is 0.965. The maximum atomic E-state index is 11.9. The molecule has 0 aliphatic carbocycles. The van der Waals surface area contributed by atoms with Gasteiger partial charge in [-0.25, -0.2) is 13.1 Å². The average molecular weight is 285 g/mol. The number of alkyl halides is 3. The Labute approximate surface area is 103 Å². The van der Waals surface area contributed by atoms with Gasteiger partial charge in [0.1, 0.15) is 6.54 Å². The summed E-state index contributed by atoms with van der Waals surface area (Å²) in [5.74, 6) is 0. The van der Waals surface area contributed by atoms with Crippen LogP contribution in [0.3, 0.4) is 0 Å². The molecular formula is C9H14F3N3O2S. The SMILES string of the molecule is CCNCc1cc(S(=O)(=O)NCC(F)(F)F)c[nH]1. The summed E-state index contributed by atoms with van der Waals surface area (Å²) < 4.78 is 60.3. The third-order valence-electron chi connectivity index (χ3n) is 2.05. The quantitative estimate of drug-likeness (QED) is 0.729. The monoisotopic (exact) mass is 285 g/mol. The third kappa shape index (κ3) is 4.67. The molecular weight excluding hydrogens is 271 g/mol. The molecule has 0 aliphatic heterocycles. The molecule has 0 aliphatic rings. The minimum absolute atomic E-state index is 0.209. The molecule has 0 atom stereocenters. The second-order valence-corrected chi connectivity index (χ2v) is 5.35. The molecule has 0 amide bonds. The minimum atomic E-state index is -4.57. The lowest BCUT2D eigenvalue weighted by Crippen LogP contribution is -2.33. The molecule has 18 heavy (non-hydrogen) atoms. The molecule has 3 N–H and O–H groups in total. The van der Waals surface area contributed by atoms with Crippen molar-refractivity contribution in [1.29, 1.82) is 0 Å². The van der Waals surface area contributed by atoms with Gasteiger partial charge in [-0.2, -0.15) is 13.2 Å². The average Bonchev–Trinajstić information content (AvgIpc) is 2.72. The van der Waals surface area contributed by atoms with Crippen LogP contribution in [-0.2, 0) is 16.6 Å². The molecule has 1 heterocycles. The van der Waals surface area contributed by atoms with Gasteiger partial charge in [0.2, 0.25) is 10.0 Å². The molecule has 1 rings (SSSR count). The number of hydrogen-bond donors (Lipinski definition) is 3. The number of hydrogen-bond acceptors (Lipinski definition) is 3. The summed E-state index contributed by atoms with van der Waals surface area (Å²) in [4.78, 5) is 2.47. The van der Waals surface area contributed by atoms with Crippen LogP contribution in [0.2, 0.25) is 0 Å². The van der Waals surface area contributed by atoms with E-state index in [1.54, 1.807) is 0 Å². The summed E-state index contributed by atoms with van der Waals surface area (Å²) in [5, 5.41) is 2.96. The molecule has 0 saturated carbocycles. The Kier molecular flexibility index (Phi) is 4.77. The summed E-state index contributed by atoms with van der Waals surface area (Å²) >= 11 is 0. The summed E-state index contributed by atoms with van der Waals surface area (Å²) in [7, 11) is -4.13. The Hall–Kier alpha value is -1.06. The molecule has 104 valence electrons. The van der Waals surface area contributed by atoms with Gasteiger partial charge >= 0.3 is 6.18 Å². The number of rotatable bonds is 6. The predicted molar refractivity (Wildman–Crippen MR) is 59.4 cm³/mol. The van der Waals surface area contributed by atoms with Crippen LogP contribution in [0.5, 0.6) is 0 Å². The van der Waals surface area contributed by atoms with Crippen LogP contribution in [0.25, 0.3) is 0 Å². The molecule has 0 bridgehead atoms. The lowest BCUT2D eigenvalue weighted by molar-refractivity contribution is -0.121. The zero-order chi connectivity index (χ0) is 13.8. The van der Waals surface area contributed by atoms with Crippen LogP contribution < -0.4 is 10.0 Å². The van der Waals surface area contributed by atoms with E-state index in [2.05, 4.69) is 10.3 Å². The molecule has 0 aromatic carbocycles. The normalized spacial score (nSPS) is 12.9. The number of H-pyrrole nitrogens is 1. The van der Waals surface area contributed by atoms with E-state index in [4.69, 9.17) is 0 Å². The number of nitrogens with one attached hydrogen (secondary N) is 3. The van der Waals surface area contributed by atoms with Crippen molar-refractivity contribution in [3.8, 4) is 0 Å². The first-order valence-corrected chi connectivity index (χ1v) is 6.67. The van der Waals surface area contributed by atoms with E-state index in [-0.39, 0.29) is 4.90 Å². The highest BCUT2D eigenvalue weighted by Crippen LogP contribution is 2.15.